The molecule has 0 spiro atoms. The van der Waals surface area contributed by atoms with Gasteiger partial charge in [-0.1, -0.05) is 6.92 Å². The normalized spacial score (nSPS) is 14.1. The SMILES string of the molecule is CCCNCc1nc(C)ccc1OCC(=O)NC1CC1. The fraction of sp³-hybridized carbons (Fsp3) is 0.600. The first-order valence-corrected chi connectivity index (χ1v) is 7.28. The van der Waals surface area contributed by atoms with Gasteiger partial charge >= 0.3 is 0 Å². The first-order chi connectivity index (χ1) is 9.69. The van der Waals surface area contributed by atoms with E-state index in [1.165, 1.54) is 0 Å². The van der Waals surface area contributed by atoms with Crippen LogP contribution in [0.1, 0.15) is 37.6 Å². The monoisotopic (exact) mass is 277 g/mol. The Hall–Kier alpha value is -1.62. The topological polar surface area (TPSA) is 63.3 Å². The standard InChI is InChI=1S/C15H23N3O2/c1-3-8-16-9-13-14(7-4-11(2)17-13)20-10-15(19)18-12-5-6-12/h4,7,12,16H,3,5-6,8-10H2,1-2H3,(H,18,19). The Balaban J connectivity index is 1.89. The molecule has 0 bridgehead atoms. The second kappa shape index (κ2) is 7.24. The molecule has 1 aliphatic carbocycles. The minimum absolute atomic E-state index is 0.0551. The van der Waals surface area contributed by atoms with Crippen molar-refractivity contribution in [3.63, 3.8) is 0 Å². The van der Waals surface area contributed by atoms with Crippen molar-refractivity contribution in [2.45, 2.75) is 45.7 Å². The highest BCUT2D eigenvalue weighted by molar-refractivity contribution is 5.78. The summed E-state index contributed by atoms with van der Waals surface area (Å²) in [7, 11) is 0. The second-order valence-corrected chi connectivity index (χ2v) is 5.20. The van der Waals surface area contributed by atoms with Crippen molar-refractivity contribution < 1.29 is 9.53 Å². The smallest absolute Gasteiger partial charge is 0.258 e. The van der Waals surface area contributed by atoms with E-state index in [0.717, 1.165) is 37.2 Å². The number of carbonyl (C=O) groups is 1. The van der Waals surface area contributed by atoms with Crippen molar-refractivity contribution in [2.24, 2.45) is 0 Å². The molecule has 1 aromatic heterocycles. The summed E-state index contributed by atoms with van der Waals surface area (Å²) in [6, 6.07) is 4.15. The van der Waals surface area contributed by atoms with E-state index >= 15 is 0 Å². The Kier molecular flexibility index (Phi) is 5.35. The highest BCUT2D eigenvalue weighted by Crippen LogP contribution is 2.19. The largest absolute Gasteiger partial charge is 0.482 e. The molecule has 1 fully saturated rings. The lowest BCUT2D eigenvalue weighted by Crippen LogP contribution is -2.30. The summed E-state index contributed by atoms with van der Waals surface area (Å²) in [5, 5.41) is 6.21. The molecule has 0 atom stereocenters. The second-order valence-electron chi connectivity index (χ2n) is 5.20. The van der Waals surface area contributed by atoms with Gasteiger partial charge in [0.2, 0.25) is 0 Å². The van der Waals surface area contributed by atoms with Gasteiger partial charge in [-0.05, 0) is 44.9 Å². The third-order valence-corrected chi connectivity index (χ3v) is 3.09. The zero-order valence-electron chi connectivity index (χ0n) is 12.2. The lowest BCUT2D eigenvalue weighted by atomic mass is 10.2. The van der Waals surface area contributed by atoms with E-state index in [1.54, 1.807) is 0 Å². The van der Waals surface area contributed by atoms with Crippen LogP contribution in [0.15, 0.2) is 12.1 Å². The molecule has 5 nitrogen and oxygen atoms in total. The lowest BCUT2D eigenvalue weighted by molar-refractivity contribution is -0.123. The maximum atomic E-state index is 11.6. The molecule has 0 unspecified atom stereocenters. The number of carbonyl (C=O) groups excluding carboxylic acids is 1. The van der Waals surface area contributed by atoms with Gasteiger partial charge in [-0.25, -0.2) is 0 Å². The molecule has 0 aliphatic heterocycles. The van der Waals surface area contributed by atoms with Crippen LogP contribution in [0.25, 0.3) is 0 Å². The van der Waals surface area contributed by atoms with Crippen molar-refractivity contribution in [1.29, 1.82) is 0 Å². The van der Waals surface area contributed by atoms with Gasteiger partial charge in [-0.3, -0.25) is 9.78 Å². The molecule has 110 valence electrons. The van der Waals surface area contributed by atoms with E-state index in [0.29, 0.717) is 18.3 Å². The van der Waals surface area contributed by atoms with Gasteiger partial charge in [0.05, 0.1) is 5.69 Å². The summed E-state index contributed by atoms with van der Waals surface area (Å²) in [6.07, 6.45) is 3.25. The Bertz CT molecular complexity index is 458. The summed E-state index contributed by atoms with van der Waals surface area (Å²) < 4.78 is 5.60. The molecular formula is C15H23N3O2. The summed E-state index contributed by atoms with van der Waals surface area (Å²) in [6.45, 7) is 5.73. The number of amides is 1. The third kappa shape index (κ3) is 4.81. The summed E-state index contributed by atoms with van der Waals surface area (Å²) in [4.78, 5) is 16.1. The zero-order valence-corrected chi connectivity index (χ0v) is 12.2. The van der Waals surface area contributed by atoms with Crippen LogP contribution in [0.4, 0.5) is 0 Å². The van der Waals surface area contributed by atoms with Gasteiger partial charge in [0, 0.05) is 18.3 Å². The van der Waals surface area contributed by atoms with E-state index in [2.05, 4.69) is 22.5 Å². The van der Waals surface area contributed by atoms with Crippen LogP contribution < -0.4 is 15.4 Å². The first-order valence-electron chi connectivity index (χ1n) is 7.28. The molecule has 0 saturated heterocycles. The van der Waals surface area contributed by atoms with Gasteiger partial charge in [-0.15, -0.1) is 0 Å². The maximum Gasteiger partial charge on any atom is 0.258 e. The number of nitrogens with zero attached hydrogens (tertiary/aromatic N) is 1. The van der Waals surface area contributed by atoms with Crippen LogP contribution >= 0.6 is 0 Å². The molecule has 1 amide bonds. The number of hydrogen-bond donors (Lipinski definition) is 2. The van der Waals surface area contributed by atoms with E-state index in [-0.39, 0.29) is 12.5 Å². The fourth-order valence-corrected chi connectivity index (χ4v) is 1.88. The molecule has 20 heavy (non-hydrogen) atoms. The fourth-order valence-electron chi connectivity index (χ4n) is 1.88. The number of rotatable bonds is 8. The molecule has 0 radical (unpaired) electrons. The van der Waals surface area contributed by atoms with E-state index in [9.17, 15) is 4.79 Å². The summed E-state index contributed by atoms with van der Waals surface area (Å²) in [5.74, 6) is 0.630. The molecule has 0 aromatic carbocycles. The maximum absolute atomic E-state index is 11.6. The number of aromatic nitrogens is 1. The summed E-state index contributed by atoms with van der Waals surface area (Å²) in [5.41, 5.74) is 1.81. The Morgan fingerprint density at radius 1 is 1.45 bits per heavy atom. The molecule has 1 aromatic rings. The van der Waals surface area contributed by atoms with Crippen LogP contribution in [0.2, 0.25) is 0 Å². The van der Waals surface area contributed by atoms with E-state index in [4.69, 9.17) is 4.74 Å². The number of hydrogen-bond acceptors (Lipinski definition) is 4. The first kappa shape index (κ1) is 14.8. The van der Waals surface area contributed by atoms with E-state index in [1.807, 2.05) is 19.1 Å². The van der Waals surface area contributed by atoms with Gasteiger partial charge in [-0.2, -0.15) is 0 Å². The number of pyridine rings is 1. The van der Waals surface area contributed by atoms with Crippen molar-refractivity contribution in [2.75, 3.05) is 13.2 Å². The zero-order chi connectivity index (χ0) is 14.4. The van der Waals surface area contributed by atoms with Gasteiger partial charge < -0.3 is 15.4 Å². The van der Waals surface area contributed by atoms with Crippen LogP contribution in [0.5, 0.6) is 5.75 Å². The number of aryl methyl sites for hydroxylation is 1. The average molecular weight is 277 g/mol. The Morgan fingerprint density at radius 3 is 2.95 bits per heavy atom. The molecule has 1 aliphatic rings. The van der Waals surface area contributed by atoms with Gasteiger partial charge in [0.1, 0.15) is 5.75 Å². The van der Waals surface area contributed by atoms with E-state index < -0.39 is 0 Å². The minimum Gasteiger partial charge on any atom is -0.482 e. The average Bonchev–Trinajstić information content (AvgIpc) is 3.22. The highest BCUT2D eigenvalue weighted by Gasteiger charge is 2.23. The van der Waals surface area contributed by atoms with Crippen LogP contribution in [-0.4, -0.2) is 30.1 Å². The number of ether oxygens (including phenoxy) is 1. The number of nitrogens with one attached hydrogen (secondary N) is 2. The molecule has 2 rings (SSSR count). The van der Waals surface area contributed by atoms with Crippen molar-refractivity contribution in [3.8, 4) is 5.75 Å². The van der Waals surface area contributed by atoms with Gasteiger partial charge in [0.25, 0.3) is 5.91 Å². The van der Waals surface area contributed by atoms with Crippen LogP contribution in [0, 0.1) is 6.92 Å². The predicted molar refractivity (Wildman–Crippen MR) is 77.6 cm³/mol. The van der Waals surface area contributed by atoms with Gasteiger partial charge in [0.15, 0.2) is 6.61 Å². The molecular weight excluding hydrogens is 254 g/mol. The molecule has 2 N–H and O–H groups in total. The summed E-state index contributed by atoms with van der Waals surface area (Å²) >= 11 is 0. The Labute approximate surface area is 120 Å². The highest BCUT2D eigenvalue weighted by atomic mass is 16.5. The predicted octanol–water partition coefficient (Wildman–Crippen LogP) is 1.55. The van der Waals surface area contributed by atoms with Crippen molar-refractivity contribution >= 4 is 5.91 Å². The third-order valence-electron chi connectivity index (χ3n) is 3.09. The van der Waals surface area contributed by atoms with Crippen molar-refractivity contribution in [1.82, 2.24) is 15.6 Å². The van der Waals surface area contributed by atoms with Crippen molar-refractivity contribution in [3.05, 3.63) is 23.5 Å². The lowest BCUT2D eigenvalue weighted by Gasteiger charge is -2.12. The quantitative estimate of drug-likeness (QED) is 0.708. The molecule has 1 saturated carbocycles. The molecule has 1 heterocycles. The Morgan fingerprint density at radius 2 is 2.25 bits per heavy atom. The van der Waals surface area contributed by atoms with Crippen LogP contribution in [-0.2, 0) is 11.3 Å². The minimum atomic E-state index is -0.0551. The molecule has 5 heteroatoms. The van der Waals surface area contributed by atoms with Crippen LogP contribution in [0.3, 0.4) is 0 Å².